The molecule has 0 fully saturated rings. The molecule has 3 rings (SSSR count). The van der Waals surface area contributed by atoms with Crippen molar-refractivity contribution in [1.82, 2.24) is 10.2 Å². The minimum absolute atomic E-state index is 0.155. The fraction of sp³-hybridized carbons (Fsp3) is 0.176. The lowest BCUT2D eigenvalue weighted by Crippen LogP contribution is -2.09. The minimum atomic E-state index is 0.155. The van der Waals surface area contributed by atoms with Crippen molar-refractivity contribution < 1.29 is 0 Å². The van der Waals surface area contributed by atoms with Crippen LogP contribution in [0.3, 0.4) is 0 Å². The standard InChI is InChI=1S/C17H16BrN3/c1-11(13-6-5-7-14(18)10-13)19-17-16-9-4-3-8-15(16)12(2)20-21-17/h3-11H,1-2H3,(H,19,21). The lowest BCUT2D eigenvalue weighted by Gasteiger charge is -2.16. The van der Waals surface area contributed by atoms with Gasteiger partial charge in [0.2, 0.25) is 0 Å². The summed E-state index contributed by atoms with van der Waals surface area (Å²) in [6.07, 6.45) is 0. The topological polar surface area (TPSA) is 37.8 Å². The quantitative estimate of drug-likeness (QED) is 0.738. The summed E-state index contributed by atoms with van der Waals surface area (Å²) < 4.78 is 1.08. The van der Waals surface area contributed by atoms with E-state index in [1.165, 1.54) is 5.56 Å². The molecule has 1 heterocycles. The summed E-state index contributed by atoms with van der Waals surface area (Å²) in [7, 11) is 0. The van der Waals surface area contributed by atoms with Gasteiger partial charge in [-0.2, -0.15) is 5.10 Å². The zero-order valence-corrected chi connectivity index (χ0v) is 13.6. The summed E-state index contributed by atoms with van der Waals surface area (Å²) in [5.74, 6) is 0.823. The summed E-state index contributed by atoms with van der Waals surface area (Å²) in [6, 6.07) is 16.6. The Kier molecular flexibility index (Phi) is 3.88. The van der Waals surface area contributed by atoms with Gasteiger partial charge in [-0.3, -0.25) is 0 Å². The van der Waals surface area contributed by atoms with Gasteiger partial charge in [-0.25, -0.2) is 0 Å². The largest absolute Gasteiger partial charge is 0.362 e. The Morgan fingerprint density at radius 1 is 1.00 bits per heavy atom. The van der Waals surface area contributed by atoms with Crippen LogP contribution >= 0.6 is 15.9 Å². The molecule has 2 aromatic carbocycles. The Hall–Kier alpha value is -1.94. The van der Waals surface area contributed by atoms with Crippen LogP contribution in [-0.2, 0) is 0 Å². The molecule has 0 bridgehead atoms. The number of hydrogen-bond acceptors (Lipinski definition) is 3. The maximum Gasteiger partial charge on any atom is 0.157 e. The maximum absolute atomic E-state index is 4.32. The zero-order valence-electron chi connectivity index (χ0n) is 12.0. The van der Waals surface area contributed by atoms with Crippen molar-refractivity contribution in [2.24, 2.45) is 0 Å². The Labute approximate surface area is 132 Å². The second-order valence-electron chi connectivity index (χ2n) is 5.10. The van der Waals surface area contributed by atoms with Gasteiger partial charge in [0.1, 0.15) is 0 Å². The first-order valence-corrected chi connectivity index (χ1v) is 7.68. The van der Waals surface area contributed by atoms with Crippen LogP contribution in [0.5, 0.6) is 0 Å². The number of nitrogens with zero attached hydrogens (tertiary/aromatic N) is 2. The fourth-order valence-corrected chi connectivity index (χ4v) is 2.83. The van der Waals surface area contributed by atoms with Crippen LogP contribution in [-0.4, -0.2) is 10.2 Å². The number of halogens is 1. The third-order valence-corrected chi connectivity index (χ3v) is 4.07. The number of rotatable bonds is 3. The van der Waals surface area contributed by atoms with Crippen molar-refractivity contribution in [3.63, 3.8) is 0 Å². The zero-order chi connectivity index (χ0) is 14.8. The van der Waals surface area contributed by atoms with Crippen LogP contribution in [0, 0.1) is 6.92 Å². The molecule has 0 aliphatic carbocycles. The molecular formula is C17H16BrN3. The van der Waals surface area contributed by atoms with Gasteiger partial charge in [0, 0.05) is 15.2 Å². The first-order valence-electron chi connectivity index (χ1n) is 6.89. The lowest BCUT2D eigenvalue weighted by molar-refractivity contribution is 0.861. The van der Waals surface area contributed by atoms with Crippen molar-refractivity contribution in [3.05, 3.63) is 64.3 Å². The Morgan fingerprint density at radius 2 is 1.76 bits per heavy atom. The molecule has 0 radical (unpaired) electrons. The van der Waals surface area contributed by atoms with Crippen LogP contribution in [0.15, 0.2) is 53.0 Å². The molecule has 4 heteroatoms. The third-order valence-electron chi connectivity index (χ3n) is 3.57. The monoisotopic (exact) mass is 341 g/mol. The summed E-state index contributed by atoms with van der Waals surface area (Å²) in [5.41, 5.74) is 2.15. The first kappa shape index (κ1) is 14.0. The summed E-state index contributed by atoms with van der Waals surface area (Å²) in [5, 5.41) is 14.3. The number of aryl methyl sites for hydroxylation is 1. The van der Waals surface area contributed by atoms with E-state index in [0.717, 1.165) is 26.8 Å². The van der Waals surface area contributed by atoms with Crippen molar-refractivity contribution in [3.8, 4) is 0 Å². The summed E-state index contributed by atoms with van der Waals surface area (Å²) in [6.45, 7) is 4.11. The molecule has 1 aromatic heterocycles. The van der Waals surface area contributed by atoms with E-state index in [4.69, 9.17) is 0 Å². The number of benzene rings is 2. The Bertz CT molecular complexity index is 786. The average Bonchev–Trinajstić information content (AvgIpc) is 2.50. The first-order chi connectivity index (χ1) is 10.1. The van der Waals surface area contributed by atoms with Crippen molar-refractivity contribution >= 4 is 32.5 Å². The predicted octanol–water partition coefficient (Wildman–Crippen LogP) is 4.87. The second-order valence-corrected chi connectivity index (χ2v) is 6.02. The minimum Gasteiger partial charge on any atom is -0.362 e. The molecule has 0 spiro atoms. The van der Waals surface area contributed by atoms with Crippen molar-refractivity contribution in [1.29, 1.82) is 0 Å². The Balaban J connectivity index is 1.97. The molecule has 1 N–H and O–H groups in total. The number of hydrogen-bond donors (Lipinski definition) is 1. The van der Waals surface area contributed by atoms with Crippen molar-refractivity contribution in [2.45, 2.75) is 19.9 Å². The average molecular weight is 342 g/mol. The molecule has 106 valence electrons. The third kappa shape index (κ3) is 2.90. The number of nitrogens with one attached hydrogen (secondary N) is 1. The molecule has 0 saturated heterocycles. The van der Waals surface area contributed by atoms with E-state index in [2.05, 4.69) is 62.6 Å². The van der Waals surface area contributed by atoms with E-state index in [0.29, 0.717) is 0 Å². The molecule has 21 heavy (non-hydrogen) atoms. The molecule has 0 aliphatic rings. The van der Waals surface area contributed by atoms with Gasteiger partial charge in [0.05, 0.1) is 11.7 Å². The highest BCUT2D eigenvalue weighted by Gasteiger charge is 2.10. The van der Waals surface area contributed by atoms with Gasteiger partial charge in [-0.15, -0.1) is 5.10 Å². The summed E-state index contributed by atoms with van der Waals surface area (Å²) >= 11 is 3.51. The molecule has 1 atom stereocenters. The van der Waals surface area contributed by atoms with Gasteiger partial charge in [0.15, 0.2) is 5.82 Å². The Morgan fingerprint density at radius 3 is 2.52 bits per heavy atom. The van der Waals surface area contributed by atoms with Gasteiger partial charge in [0.25, 0.3) is 0 Å². The molecule has 3 nitrogen and oxygen atoms in total. The normalized spacial score (nSPS) is 12.3. The SMILES string of the molecule is Cc1nnc(NC(C)c2cccc(Br)c2)c2ccccc12. The lowest BCUT2D eigenvalue weighted by atomic mass is 10.1. The predicted molar refractivity (Wildman–Crippen MR) is 90.5 cm³/mol. The number of fused-ring (bicyclic) bond motifs is 1. The number of anilines is 1. The van der Waals surface area contributed by atoms with E-state index in [-0.39, 0.29) is 6.04 Å². The van der Waals surface area contributed by atoms with Gasteiger partial charge < -0.3 is 5.32 Å². The van der Waals surface area contributed by atoms with E-state index < -0.39 is 0 Å². The smallest absolute Gasteiger partial charge is 0.157 e. The second kappa shape index (κ2) is 5.82. The van der Waals surface area contributed by atoms with Gasteiger partial charge in [-0.05, 0) is 31.5 Å². The van der Waals surface area contributed by atoms with Crippen LogP contribution < -0.4 is 5.32 Å². The van der Waals surface area contributed by atoms with Crippen LogP contribution in [0.4, 0.5) is 5.82 Å². The highest BCUT2D eigenvalue weighted by molar-refractivity contribution is 9.10. The molecule has 0 aliphatic heterocycles. The van der Waals surface area contributed by atoms with Crippen LogP contribution in [0.1, 0.15) is 24.2 Å². The van der Waals surface area contributed by atoms with Gasteiger partial charge >= 0.3 is 0 Å². The fourth-order valence-electron chi connectivity index (χ4n) is 2.41. The van der Waals surface area contributed by atoms with Crippen LogP contribution in [0.25, 0.3) is 10.8 Å². The molecular weight excluding hydrogens is 326 g/mol. The van der Waals surface area contributed by atoms with Crippen LogP contribution in [0.2, 0.25) is 0 Å². The van der Waals surface area contributed by atoms with Crippen molar-refractivity contribution in [2.75, 3.05) is 5.32 Å². The molecule has 1 unspecified atom stereocenters. The summed E-state index contributed by atoms with van der Waals surface area (Å²) in [4.78, 5) is 0. The maximum atomic E-state index is 4.32. The van der Waals surface area contributed by atoms with E-state index in [1.807, 2.05) is 31.2 Å². The highest BCUT2D eigenvalue weighted by atomic mass is 79.9. The van der Waals surface area contributed by atoms with E-state index in [1.54, 1.807) is 0 Å². The molecule has 0 amide bonds. The molecule has 0 saturated carbocycles. The molecule has 3 aromatic rings. The van der Waals surface area contributed by atoms with Gasteiger partial charge in [-0.1, -0.05) is 52.3 Å². The van der Waals surface area contributed by atoms with E-state index >= 15 is 0 Å². The van der Waals surface area contributed by atoms with E-state index in [9.17, 15) is 0 Å². The number of aromatic nitrogens is 2. The highest BCUT2D eigenvalue weighted by Crippen LogP contribution is 2.26.